The molecule has 3 atom stereocenters. The summed E-state index contributed by atoms with van der Waals surface area (Å²) >= 11 is 0. The van der Waals surface area contributed by atoms with E-state index >= 15 is 0 Å². The molecule has 0 aromatic heterocycles. The molecule has 3 unspecified atom stereocenters. The molecular formula is C46H82NO9P. The molecule has 0 aromatic carbocycles. The van der Waals surface area contributed by atoms with E-state index < -0.39 is 38.6 Å². The van der Waals surface area contributed by atoms with E-state index in [0.717, 1.165) is 25.7 Å². The average molecular weight is 824 g/mol. The van der Waals surface area contributed by atoms with Crippen LogP contribution in [-0.2, 0) is 32.7 Å². The van der Waals surface area contributed by atoms with E-state index in [4.69, 9.17) is 18.5 Å². The van der Waals surface area contributed by atoms with Gasteiger partial charge in [-0.1, -0.05) is 164 Å². The number of aliphatic hydroxyl groups is 1. The number of allylic oxidation sites excluding steroid dienone is 8. The molecule has 0 spiro atoms. The van der Waals surface area contributed by atoms with Crippen molar-refractivity contribution in [3.63, 3.8) is 0 Å². The molecule has 0 aromatic rings. The number of phosphoric acid groups is 1. The quantitative estimate of drug-likeness (QED) is 0.0161. The van der Waals surface area contributed by atoms with Gasteiger partial charge in [-0.3, -0.25) is 14.2 Å². The van der Waals surface area contributed by atoms with E-state index in [-0.39, 0.29) is 26.1 Å². The topological polar surface area (TPSA) is 131 Å². The van der Waals surface area contributed by atoms with Crippen molar-refractivity contribution in [3.8, 4) is 0 Å². The van der Waals surface area contributed by atoms with Gasteiger partial charge in [0.15, 0.2) is 6.10 Å². The van der Waals surface area contributed by atoms with Crippen LogP contribution in [0.15, 0.2) is 60.8 Å². The van der Waals surface area contributed by atoms with Gasteiger partial charge in [0.25, 0.3) is 7.82 Å². The number of aliphatic hydroxyl groups excluding tert-OH is 1. The van der Waals surface area contributed by atoms with Gasteiger partial charge in [0.05, 0.1) is 33.9 Å². The third-order valence-electron chi connectivity index (χ3n) is 9.13. The molecule has 0 aliphatic heterocycles. The van der Waals surface area contributed by atoms with Crippen LogP contribution in [-0.4, -0.2) is 81.2 Å². The van der Waals surface area contributed by atoms with Crippen LogP contribution in [0.4, 0.5) is 0 Å². The van der Waals surface area contributed by atoms with Crippen molar-refractivity contribution >= 4 is 19.8 Å². The summed E-state index contributed by atoms with van der Waals surface area (Å²) in [5, 5.41) is 10.0. The summed E-state index contributed by atoms with van der Waals surface area (Å²) in [6.07, 6.45) is 41.4. The fraction of sp³-hybridized carbons (Fsp3) is 0.739. The molecule has 0 amide bonds. The summed E-state index contributed by atoms with van der Waals surface area (Å²) in [5.41, 5.74) is 0. The second-order valence-electron chi connectivity index (χ2n) is 15.9. The van der Waals surface area contributed by atoms with Crippen molar-refractivity contribution in [2.75, 3.05) is 47.5 Å². The fourth-order valence-corrected chi connectivity index (χ4v) is 6.38. The predicted octanol–water partition coefficient (Wildman–Crippen LogP) is 10.8. The van der Waals surface area contributed by atoms with Gasteiger partial charge in [-0.2, -0.15) is 0 Å². The molecule has 0 radical (unpaired) electrons. The lowest BCUT2D eigenvalue weighted by Gasteiger charge is -2.28. The highest BCUT2D eigenvalue weighted by Gasteiger charge is 2.21. The zero-order valence-electron chi connectivity index (χ0n) is 36.6. The van der Waals surface area contributed by atoms with Gasteiger partial charge in [-0.15, -0.1) is 0 Å². The Morgan fingerprint density at radius 2 is 1.23 bits per heavy atom. The second kappa shape index (κ2) is 37.9. The first kappa shape index (κ1) is 54.7. The summed E-state index contributed by atoms with van der Waals surface area (Å²) in [4.78, 5) is 37.5. The Morgan fingerprint density at radius 3 is 1.84 bits per heavy atom. The minimum absolute atomic E-state index is 0.0540. The van der Waals surface area contributed by atoms with Crippen LogP contribution in [0, 0.1) is 0 Å². The maximum Gasteiger partial charge on any atom is 0.306 e. The highest BCUT2D eigenvalue weighted by atomic mass is 31.2. The average Bonchev–Trinajstić information content (AvgIpc) is 3.15. The molecule has 1 N–H and O–H groups in total. The normalized spacial score (nSPS) is 14.7. The predicted molar refractivity (Wildman–Crippen MR) is 232 cm³/mol. The second-order valence-corrected chi connectivity index (χ2v) is 17.3. The fourth-order valence-electron chi connectivity index (χ4n) is 5.66. The standard InChI is InChI=1S/C46H82NO9P/c1-6-8-10-12-14-15-16-17-18-19-20-21-25-29-33-37-45(49)53-41-44(42-55-57(51,52)54-40-39-47(3,4)5)56-46(50)38-34-30-26-23-22-24-28-32-36-43(48)35-31-27-13-11-9-7-2/h9,11,23-24,26-28,31-32,36,43-44,48H,6-8,10,12-22,25,29-30,33-35,37-42H2,1-5H3/b11-9-,26-23-,28-24-,31-27-,36-32+. The van der Waals surface area contributed by atoms with Gasteiger partial charge in [-0.05, 0) is 44.9 Å². The number of nitrogens with zero attached hydrogens (tertiary/aromatic N) is 1. The van der Waals surface area contributed by atoms with Crippen molar-refractivity contribution in [3.05, 3.63) is 60.8 Å². The minimum Gasteiger partial charge on any atom is -0.756 e. The highest BCUT2D eigenvalue weighted by molar-refractivity contribution is 7.45. The van der Waals surface area contributed by atoms with Gasteiger partial charge in [0.2, 0.25) is 0 Å². The first-order valence-corrected chi connectivity index (χ1v) is 23.6. The van der Waals surface area contributed by atoms with Crippen LogP contribution >= 0.6 is 7.82 Å². The van der Waals surface area contributed by atoms with Crippen LogP contribution < -0.4 is 4.89 Å². The van der Waals surface area contributed by atoms with Gasteiger partial charge in [-0.25, -0.2) is 0 Å². The molecule has 10 nitrogen and oxygen atoms in total. The van der Waals surface area contributed by atoms with Crippen LogP contribution in [0.1, 0.15) is 162 Å². The molecule has 0 bridgehead atoms. The molecule has 0 heterocycles. The Kier molecular flexibility index (Phi) is 36.4. The van der Waals surface area contributed by atoms with Crippen LogP contribution in [0.5, 0.6) is 0 Å². The SMILES string of the molecule is CC/C=C\C/C=C\CC(O)/C=C/C=C\C/C=C\CCCC(=O)OC(COC(=O)CCCCCCCCCCCCCCCCC)COP(=O)([O-])OCC[N+](C)(C)C. The Labute approximate surface area is 348 Å². The number of phosphoric ester groups is 1. The summed E-state index contributed by atoms with van der Waals surface area (Å²) < 4.78 is 33.8. The Hall–Kier alpha value is -2.33. The van der Waals surface area contributed by atoms with Gasteiger partial charge < -0.3 is 33.0 Å². The van der Waals surface area contributed by atoms with Crippen molar-refractivity contribution in [2.45, 2.75) is 174 Å². The van der Waals surface area contributed by atoms with E-state index in [1.165, 1.54) is 77.0 Å². The van der Waals surface area contributed by atoms with Gasteiger partial charge in [0, 0.05) is 12.8 Å². The largest absolute Gasteiger partial charge is 0.756 e. The van der Waals surface area contributed by atoms with E-state index in [2.05, 4.69) is 32.1 Å². The van der Waals surface area contributed by atoms with Crippen molar-refractivity contribution in [1.29, 1.82) is 0 Å². The lowest BCUT2D eigenvalue weighted by atomic mass is 10.0. The van der Waals surface area contributed by atoms with Crippen LogP contribution in [0.3, 0.4) is 0 Å². The number of carbonyl (C=O) groups excluding carboxylic acids is 2. The number of unbranched alkanes of at least 4 members (excludes halogenated alkanes) is 15. The Bertz CT molecular complexity index is 1170. The third-order valence-corrected chi connectivity index (χ3v) is 10.1. The van der Waals surface area contributed by atoms with E-state index in [1.54, 1.807) is 6.08 Å². The number of ether oxygens (including phenoxy) is 2. The molecule has 57 heavy (non-hydrogen) atoms. The lowest BCUT2D eigenvalue weighted by molar-refractivity contribution is -0.870. The number of likely N-dealkylation sites (N-methyl/N-ethyl adjacent to an activating group) is 1. The highest BCUT2D eigenvalue weighted by Crippen LogP contribution is 2.38. The molecule has 0 saturated carbocycles. The molecule has 11 heteroatoms. The summed E-state index contributed by atoms with van der Waals surface area (Å²) in [5.74, 6) is -0.942. The first-order chi connectivity index (χ1) is 27.4. The Balaban J connectivity index is 4.52. The number of carbonyl (C=O) groups is 2. The minimum atomic E-state index is -4.66. The van der Waals surface area contributed by atoms with Gasteiger partial charge in [0.1, 0.15) is 19.8 Å². The van der Waals surface area contributed by atoms with Crippen molar-refractivity contribution in [2.24, 2.45) is 0 Å². The molecule has 0 aliphatic carbocycles. The van der Waals surface area contributed by atoms with E-state index in [0.29, 0.717) is 43.1 Å². The maximum atomic E-state index is 12.7. The van der Waals surface area contributed by atoms with Crippen LogP contribution in [0.2, 0.25) is 0 Å². The van der Waals surface area contributed by atoms with Crippen molar-refractivity contribution < 1.29 is 47.2 Å². The van der Waals surface area contributed by atoms with Gasteiger partial charge >= 0.3 is 11.9 Å². The summed E-state index contributed by atoms with van der Waals surface area (Å²) in [6.45, 7) is 3.95. The Morgan fingerprint density at radius 1 is 0.667 bits per heavy atom. The number of rotatable bonds is 39. The molecular weight excluding hydrogens is 741 g/mol. The summed E-state index contributed by atoms with van der Waals surface area (Å²) in [6, 6.07) is 0. The van der Waals surface area contributed by atoms with Crippen molar-refractivity contribution in [1.82, 2.24) is 0 Å². The number of hydrogen-bond acceptors (Lipinski definition) is 9. The molecule has 0 aliphatic rings. The molecule has 0 saturated heterocycles. The zero-order valence-corrected chi connectivity index (χ0v) is 37.5. The lowest BCUT2D eigenvalue weighted by Crippen LogP contribution is -2.37. The van der Waals surface area contributed by atoms with Crippen LogP contribution in [0.25, 0.3) is 0 Å². The monoisotopic (exact) mass is 824 g/mol. The van der Waals surface area contributed by atoms with E-state index in [1.807, 2.05) is 57.6 Å². The number of quaternary nitrogens is 1. The number of hydrogen-bond donors (Lipinski definition) is 1. The molecule has 0 fully saturated rings. The molecule has 0 rings (SSSR count). The number of esters is 2. The molecule has 330 valence electrons. The van der Waals surface area contributed by atoms with E-state index in [9.17, 15) is 24.2 Å². The summed E-state index contributed by atoms with van der Waals surface area (Å²) in [7, 11) is 1.09. The maximum absolute atomic E-state index is 12.7. The smallest absolute Gasteiger partial charge is 0.306 e. The zero-order chi connectivity index (χ0) is 42.3. The first-order valence-electron chi connectivity index (χ1n) is 22.1. The third kappa shape index (κ3) is 41.6.